The van der Waals surface area contributed by atoms with E-state index >= 15 is 0 Å². The minimum Gasteiger partial charge on any atom is -0.427 e. The summed E-state index contributed by atoms with van der Waals surface area (Å²) in [5, 5.41) is 23.4. The van der Waals surface area contributed by atoms with E-state index in [1.54, 1.807) is 0 Å². The van der Waals surface area contributed by atoms with Crippen molar-refractivity contribution in [1.29, 1.82) is 0 Å². The summed E-state index contributed by atoms with van der Waals surface area (Å²) in [6.45, 7) is 4.28. The summed E-state index contributed by atoms with van der Waals surface area (Å²) in [6, 6.07) is 0.179. The van der Waals surface area contributed by atoms with Crippen molar-refractivity contribution in [2.24, 2.45) is 29.1 Å². The Balaban J connectivity index is 1.61. The molecule has 5 heteroatoms. The van der Waals surface area contributed by atoms with Crippen LogP contribution in [0.2, 0.25) is 5.82 Å². The van der Waals surface area contributed by atoms with Gasteiger partial charge in [0.15, 0.2) is 5.78 Å². The zero-order chi connectivity index (χ0) is 18.5. The third-order valence-corrected chi connectivity index (χ3v) is 8.05. The number of nitrogens with one attached hydrogen (secondary N) is 1. The third kappa shape index (κ3) is 3.40. The van der Waals surface area contributed by atoms with E-state index in [1.807, 2.05) is 0 Å². The van der Waals surface area contributed by atoms with Gasteiger partial charge in [-0.3, -0.25) is 4.79 Å². The fourth-order valence-electron chi connectivity index (χ4n) is 7.51. The maximum atomic E-state index is 13.8. The molecule has 3 unspecified atom stereocenters. The number of hydrogen-bond donors (Lipinski definition) is 3. The van der Waals surface area contributed by atoms with Crippen molar-refractivity contribution >= 4 is 12.9 Å². The maximum Gasteiger partial charge on any atom is 0.455 e. The lowest BCUT2D eigenvalue weighted by Crippen LogP contribution is -2.61. The second-order valence-electron chi connectivity index (χ2n) is 10.4. The summed E-state index contributed by atoms with van der Waals surface area (Å²) >= 11 is 0. The lowest BCUT2D eigenvalue weighted by Gasteiger charge is -2.59. The molecule has 4 bridgehead atoms. The highest BCUT2D eigenvalue weighted by atomic mass is 16.4. The number of rotatable bonds is 6. The summed E-state index contributed by atoms with van der Waals surface area (Å²) in [5.74, 6) is 2.27. The van der Waals surface area contributed by atoms with Gasteiger partial charge >= 0.3 is 7.12 Å². The van der Waals surface area contributed by atoms with Crippen molar-refractivity contribution < 1.29 is 14.8 Å². The van der Waals surface area contributed by atoms with Crippen molar-refractivity contribution in [1.82, 2.24) is 5.32 Å². The minimum atomic E-state index is -1.36. The van der Waals surface area contributed by atoms with E-state index < -0.39 is 7.12 Å². The molecule has 5 rings (SSSR count). The quantitative estimate of drug-likeness (QED) is 0.636. The molecule has 0 aromatic heterocycles. The highest BCUT2D eigenvalue weighted by Gasteiger charge is 2.57. The number of ketones is 1. The number of carbonyl (C=O) groups excluding carboxylic acids is 1. The molecule has 0 radical (unpaired) electrons. The van der Waals surface area contributed by atoms with E-state index in [4.69, 9.17) is 0 Å². The van der Waals surface area contributed by atoms with Gasteiger partial charge in [-0.15, -0.1) is 0 Å². The van der Waals surface area contributed by atoms with Gasteiger partial charge < -0.3 is 15.4 Å². The standard InChI is InChI=1S/C21H36BNO3/c1-13(2)23-20(19(24)17-5-3-4-6-18(17)22(25)26)21-10-14-7-15(11-21)9-16(8-14)12-21/h13-18,20,23,25-26H,3-12H2,1-2H3. The number of carbonyl (C=O) groups is 1. The topological polar surface area (TPSA) is 69.6 Å². The molecule has 5 aliphatic carbocycles. The van der Waals surface area contributed by atoms with Crippen molar-refractivity contribution in [3.63, 3.8) is 0 Å². The average Bonchev–Trinajstić information content (AvgIpc) is 2.57. The predicted octanol–water partition coefficient (Wildman–Crippen LogP) is 3.17. The van der Waals surface area contributed by atoms with Crippen molar-refractivity contribution in [3.8, 4) is 0 Å². The molecule has 146 valence electrons. The Morgan fingerprint density at radius 2 is 1.54 bits per heavy atom. The SMILES string of the molecule is CC(C)NC(C(=O)C1CCCCC1B(O)O)C12CC3CC(CC(C3)C1)C2. The Morgan fingerprint density at radius 3 is 2.04 bits per heavy atom. The van der Waals surface area contributed by atoms with E-state index in [-0.39, 0.29) is 29.2 Å². The van der Waals surface area contributed by atoms with Crippen LogP contribution in [-0.2, 0) is 4.79 Å². The first-order valence-corrected chi connectivity index (χ1v) is 11.0. The van der Waals surface area contributed by atoms with E-state index in [0.717, 1.165) is 43.4 Å². The van der Waals surface area contributed by atoms with Gasteiger partial charge in [0, 0.05) is 17.8 Å². The van der Waals surface area contributed by atoms with Crippen molar-refractivity contribution in [3.05, 3.63) is 0 Å². The van der Waals surface area contributed by atoms with Gasteiger partial charge in [-0.2, -0.15) is 0 Å². The van der Waals surface area contributed by atoms with E-state index in [0.29, 0.717) is 5.78 Å². The summed E-state index contributed by atoms with van der Waals surface area (Å²) < 4.78 is 0. The van der Waals surface area contributed by atoms with Crippen LogP contribution in [-0.4, -0.2) is 35.0 Å². The average molecular weight is 361 g/mol. The van der Waals surface area contributed by atoms with Crippen molar-refractivity contribution in [2.75, 3.05) is 0 Å². The van der Waals surface area contributed by atoms with Crippen LogP contribution in [0.3, 0.4) is 0 Å². The van der Waals surface area contributed by atoms with Crippen LogP contribution in [0.4, 0.5) is 0 Å². The van der Waals surface area contributed by atoms with Crippen LogP contribution < -0.4 is 5.32 Å². The van der Waals surface area contributed by atoms with Crippen molar-refractivity contribution in [2.45, 2.75) is 96.0 Å². The predicted molar refractivity (Wildman–Crippen MR) is 104 cm³/mol. The molecule has 0 heterocycles. The molecule has 5 fully saturated rings. The molecular weight excluding hydrogens is 325 g/mol. The molecule has 3 N–H and O–H groups in total. The highest BCUT2D eigenvalue weighted by Crippen LogP contribution is 2.62. The van der Waals surface area contributed by atoms with Gasteiger partial charge in [0.05, 0.1) is 6.04 Å². The molecule has 3 atom stereocenters. The molecule has 5 saturated carbocycles. The zero-order valence-electron chi connectivity index (χ0n) is 16.5. The van der Waals surface area contributed by atoms with E-state index in [1.165, 1.54) is 38.5 Å². The van der Waals surface area contributed by atoms with Gasteiger partial charge in [0.1, 0.15) is 0 Å². The zero-order valence-corrected chi connectivity index (χ0v) is 16.5. The molecule has 0 aromatic rings. The summed E-state index contributed by atoms with van der Waals surface area (Å²) in [4.78, 5) is 13.8. The molecule has 4 nitrogen and oxygen atoms in total. The van der Waals surface area contributed by atoms with Crippen LogP contribution in [0.25, 0.3) is 0 Å². The van der Waals surface area contributed by atoms with Crippen LogP contribution in [0.1, 0.15) is 78.1 Å². The van der Waals surface area contributed by atoms with Crippen LogP contribution in [0, 0.1) is 29.1 Å². The molecule has 0 aromatic carbocycles. The fourth-order valence-corrected chi connectivity index (χ4v) is 7.51. The largest absolute Gasteiger partial charge is 0.455 e. The maximum absolute atomic E-state index is 13.8. The third-order valence-electron chi connectivity index (χ3n) is 8.05. The molecule has 26 heavy (non-hydrogen) atoms. The van der Waals surface area contributed by atoms with Crippen LogP contribution >= 0.6 is 0 Å². The normalized spacial score (nSPS) is 42.9. The Kier molecular flexibility index (Phi) is 5.26. The first kappa shape index (κ1) is 19.0. The monoisotopic (exact) mass is 361 g/mol. The Hall–Kier alpha value is -0.385. The first-order chi connectivity index (χ1) is 12.4. The fraction of sp³-hybridized carbons (Fsp3) is 0.952. The van der Waals surface area contributed by atoms with E-state index in [9.17, 15) is 14.8 Å². The number of Topliss-reactive ketones (excluding diaryl/α,β-unsaturated/α-hetero) is 1. The van der Waals surface area contributed by atoms with Gasteiger partial charge in [0.25, 0.3) is 0 Å². The molecule has 0 saturated heterocycles. The Labute approximate surface area is 158 Å². The molecule has 5 aliphatic rings. The van der Waals surface area contributed by atoms with Crippen LogP contribution in [0.5, 0.6) is 0 Å². The highest BCUT2D eigenvalue weighted by molar-refractivity contribution is 6.43. The van der Waals surface area contributed by atoms with Gasteiger partial charge in [0.2, 0.25) is 0 Å². The first-order valence-electron chi connectivity index (χ1n) is 11.0. The molecular formula is C21H36BNO3. The summed E-state index contributed by atoms with van der Waals surface area (Å²) in [7, 11) is -1.36. The lowest BCUT2D eigenvalue weighted by molar-refractivity contribution is -0.138. The van der Waals surface area contributed by atoms with Gasteiger partial charge in [-0.05, 0) is 68.1 Å². The molecule has 0 aliphatic heterocycles. The van der Waals surface area contributed by atoms with Gasteiger partial charge in [-0.1, -0.05) is 33.1 Å². The summed E-state index contributed by atoms with van der Waals surface area (Å²) in [6.07, 6.45) is 11.4. The van der Waals surface area contributed by atoms with Gasteiger partial charge in [-0.25, -0.2) is 0 Å². The second kappa shape index (κ2) is 7.22. The van der Waals surface area contributed by atoms with E-state index in [2.05, 4.69) is 19.2 Å². The smallest absolute Gasteiger partial charge is 0.427 e. The lowest BCUT2D eigenvalue weighted by atomic mass is 9.46. The number of hydrogen-bond acceptors (Lipinski definition) is 4. The second-order valence-corrected chi connectivity index (χ2v) is 10.4. The summed E-state index contributed by atoms with van der Waals surface area (Å²) in [5.41, 5.74) is 0.124. The molecule has 0 amide bonds. The van der Waals surface area contributed by atoms with Crippen LogP contribution in [0.15, 0.2) is 0 Å². The Bertz CT molecular complexity index is 500. The molecule has 0 spiro atoms. The minimum absolute atomic E-state index is 0.0970. The Morgan fingerprint density at radius 1 is 1.00 bits per heavy atom.